The number of carbonyl (C=O) groups excluding carboxylic acids is 1. The Bertz CT molecular complexity index is 497. The molecule has 0 aliphatic heterocycles. The fourth-order valence-electron chi connectivity index (χ4n) is 1.33. The molecule has 0 radical (unpaired) electrons. The molecule has 1 heterocycles. The van der Waals surface area contributed by atoms with Crippen LogP contribution in [0.2, 0.25) is 0 Å². The Hall–Kier alpha value is -1.97. The van der Waals surface area contributed by atoms with E-state index in [1.165, 1.54) is 0 Å². The number of nitrogens with zero attached hydrogens (tertiary/aromatic N) is 2. The van der Waals surface area contributed by atoms with Gasteiger partial charge in [0.1, 0.15) is 0 Å². The molecule has 76 valence electrons. The van der Waals surface area contributed by atoms with Crippen LogP contribution in [-0.4, -0.2) is 22.8 Å². The number of hydrogen-bond donors (Lipinski definition) is 0. The van der Waals surface area contributed by atoms with Crippen LogP contribution in [0.4, 0.5) is 0 Å². The quantitative estimate of drug-likeness (QED) is 0.697. The minimum absolute atomic E-state index is 0.309. The van der Waals surface area contributed by atoms with Gasteiger partial charge in [0.25, 0.3) is 0 Å². The molecule has 15 heavy (non-hydrogen) atoms. The summed E-state index contributed by atoms with van der Waals surface area (Å²) in [7, 11) is 0. The number of ether oxygens (including phenoxy) is 1. The summed E-state index contributed by atoms with van der Waals surface area (Å²) >= 11 is 0. The Balaban J connectivity index is 2.42. The van der Waals surface area contributed by atoms with Gasteiger partial charge in [-0.2, -0.15) is 10.2 Å². The Morgan fingerprint density at radius 1 is 1.40 bits per heavy atom. The molecule has 0 fully saturated rings. The van der Waals surface area contributed by atoms with Crippen LogP contribution in [0, 0.1) is 0 Å². The van der Waals surface area contributed by atoms with Crippen LogP contribution < -0.4 is 0 Å². The number of esters is 1. The standard InChI is InChI=1S/C11H10N2O2/c1-2-15-11(14)9-3-4-10-8(7-9)5-6-12-13-10/h3-7H,2H2,1H3. The monoisotopic (exact) mass is 202 g/mol. The van der Waals surface area contributed by atoms with Gasteiger partial charge in [-0.25, -0.2) is 4.79 Å². The highest BCUT2D eigenvalue weighted by atomic mass is 16.5. The topological polar surface area (TPSA) is 52.1 Å². The van der Waals surface area contributed by atoms with Crippen LogP contribution in [0.3, 0.4) is 0 Å². The van der Waals surface area contributed by atoms with Crippen molar-refractivity contribution in [2.24, 2.45) is 0 Å². The first kappa shape index (κ1) is 9.58. The second-order valence-electron chi connectivity index (χ2n) is 3.03. The molecule has 0 bridgehead atoms. The van der Waals surface area contributed by atoms with Crippen molar-refractivity contribution in [3.63, 3.8) is 0 Å². The van der Waals surface area contributed by atoms with E-state index in [2.05, 4.69) is 10.2 Å². The molecule has 0 saturated carbocycles. The predicted octanol–water partition coefficient (Wildman–Crippen LogP) is 1.81. The molecule has 2 aromatic rings. The molecular formula is C11H10N2O2. The zero-order valence-corrected chi connectivity index (χ0v) is 8.30. The Labute approximate surface area is 86.9 Å². The van der Waals surface area contributed by atoms with Crippen LogP contribution in [0.25, 0.3) is 10.9 Å². The predicted molar refractivity (Wildman–Crippen MR) is 55.5 cm³/mol. The van der Waals surface area contributed by atoms with Crippen molar-refractivity contribution in [3.8, 4) is 0 Å². The van der Waals surface area contributed by atoms with Crippen molar-refractivity contribution in [3.05, 3.63) is 36.0 Å². The third kappa shape index (κ3) is 1.93. The maximum Gasteiger partial charge on any atom is 0.338 e. The lowest BCUT2D eigenvalue weighted by atomic mass is 10.1. The van der Waals surface area contributed by atoms with Crippen LogP contribution in [0.15, 0.2) is 30.5 Å². The highest BCUT2D eigenvalue weighted by Gasteiger charge is 2.06. The highest BCUT2D eigenvalue weighted by molar-refractivity contribution is 5.94. The van der Waals surface area contributed by atoms with Gasteiger partial charge in [-0.3, -0.25) is 0 Å². The molecule has 0 atom stereocenters. The Morgan fingerprint density at radius 2 is 2.27 bits per heavy atom. The normalized spacial score (nSPS) is 10.2. The Kier molecular flexibility index (Phi) is 2.58. The van der Waals surface area contributed by atoms with Gasteiger partial charge in [0.05, 0.1) is 23.9 Å². The molecule has 1 aromatic carbocycles. The summed E-state index contributed by atoms with van der Waals surface area (Å²) in [6, 6.07) is 7.01. The van der Waals surface area contributed by atoms with E-state index in [0.29, 0.717) is 12.2 Å². The van der Waals surface area contributed by atoms with E-state index in [-0.39, 0.29) is 5.97 Å². The largest absolute Gasteiger partial charge is 0.462 e. The number of aromatic nitrogens is 2. The molecule has 0 amide bonds. The second kappa shape index (κ2) is 4.04. The van der Waals surface area contributed by atoms with Crippen LogP contribution >= 0.6 is 0 Å². The Morgan fingerprint density at radius 3 is 3.07 bits per heavy atom. The molecule has 0 aliphatic carbocycles. The highest BCUT2D eigenvalue weighted by Crippen LogP contribution is 2.13. The van der Waals surface area contributed by atoms with E-state index < -0.39 is 0 Å². The van der Waals surface area contributed by atoms with E-state index in [0.717, 1.165) is 10.9 Å². The summed E-state index contributed by atoms with van der Waals surface area (Å²) in [6.45, 7) is 2.16. The molecular weight excluding hydrogens is 192 g/mol. The number of carbonyl (C=O) groups is 1. The van der Waals surface area contributed by atoms with Crippen LogP contribution in [-0.2, 0) is 4.74 Å². The molecule has 4 nitrogen and oxygen atoms in total. The van der Waals surface area contributed by atoms with Gasteiger partial charge in [0, 0.05) is 5.39 Å². The first-order chi connectivity index (χ1) is 7.31. The minimum Gasteiger partial charge on any atom is -0.462 e. The number of rotatable bonds is 2. The second-order valence-corrected chi connectivity index (χ2v) is 3.03. The number of fused-ring (bicyclic) bond motifs is 1. The third-order valence-electron chi connectivity index (χ3n) is 2.02. The average molecular weight is 202 g/mol. The lowest BCUT2D eigenvalue weighted by molar-refractivity contribution is 0.0526. The fourth-order valence-corrected chi connectivity index (χ4v) is 1.33. The maximum absolute atomic E-state index is 11.4. The van der Waals surface area contributed by atoms with Crippen molar-refractivity contribution >= 4 is 16.9 Å². The average Bonchev–Trinajstić information content (AvgIpc) is 2.29. The van der Waals surface area contributed by atoms with E-state index in [1.54, 1.807) is 31.3 Å². The lowest BCUT2D eigenvalue weighted by Crippen LogP contribution is -2.04. The fraction of sp³-hybridized carbons (Fsp3) is 0.182. The van der Waals surface area contributed by atoms with E-state index >= 15 is 0 Å². The van der Waals surface area contributed by atoms with E-state index in [9.17, 15) is 4.79 Å². The zero-order valence-electron chi connectivity index (χ0n) is 8.30. The van der Waals surface area contributed by atoms with Gasteiger partial charge >= 0.3 is 5.97 Å². The van der Waals surface area contributed by atoms with E-state index in [1.807, 2.05) is 6.07 Å². The van der Waals surface area contributed by atoms with Gasteiger partial charge in [0.2, 0.25) is 0 Å². The molecule has 0 aliphatic rings. The SMILES string of the molecule is CCOC(=O)c1ccc2nnccc2c1. The summed E-state index contributed by atoms with van der Waals surface area (Å²) in [5.41, 5.74) is 1.31. The molecule has 0 spiro atoms. The van der Waals surface area contributed by atoms with Crippen LogP contribution in [0.1, 0.15) is 17.3 Å². The van der Waals surface area contributed by atoms with Gasteiger partial charge in [-0.1, -0.05) is 0 Å². The molecule has 0 unspecified atom stereocenters. The van der Waals surface area contributed by atoms with Gasteiger partial charge < -0.3 is 4.74 Å². The summed E-state index contributed by atoms with van der Waals surface area (Å²) in [5.74, 6) is -0.309. The third-order valence-corrected chi connectivity index (χ3v) is 2.02. The molecule has 4 heteroatoms. The smallest absolute Gasteiger partial charge is 0.338 e. The first-order valence-electron chi connectivity index (χ1n) is 4.70. The van der Waals surface area contributed by atoms with Gasteiger partial charge in [0.15, 0.2) is 0 Å². The maximum atomic E-state index is 11.4. The summed E-state index contributed by atoms with van der Waals surface area (Å²) < 4.78 is 4.90. The van der Waals surface area contributed by atoms with E-state index in [4.69, 9.17) is 4.74 Å². The van der Waals surface area contributed by atoms with Crippen molar-refractivity contribution in [1.82, 2.24) is 10.2 Å². The molecule has 0 N–H and O–H groups in total. The first-order valence-corrected chi connectivity index (χ1v) is 4.70. The van der Waals surface area contributed by atoms with Gasteiger partial charge in [-0.05, 0) is 31.2 Å². The summed E-state index contributed by atoms with van der Waals surface area (Å²) in [6.07, 6.45) is 1.59. The van der Waals surface area contributed by atoms with Gasteiger partial charge in [-0.15, -0.1) is 0 Å². The molecule has 1 aromatic heterocycles. The van der Waals surface area contributed by atoms with Crippen molar-refractivity contribution < 1.29 is 9.53 Å². The van der Waals surface area contributed by atoms with Crippen LogP contribution in [0.5, 0.6) is 0 Å². The van der Waals surface area contributed by atoms with Crippen molar-refractivity contribution in [2.45, 2.75) is 6.92 Å². The summed E-state index contributed by atoms with van der Waals surface area (Å²) in [5, 5.41) is 8.57. The number of hydrogen-bond acceptors (Lipinski definition) is 4. The lowest BCUT2D eigenvalue weighted by Gasteiger charge is -2.02. The minimum atomic E-state index is -0.309. The van der Waals surface area contributed by atoms with Crippen molar-refractivity contribution in [2.75, 3.05) is 6.61 Å². The molecule has 2 rings (SSSR count). The van der Waals surface area contributed by atoms with Crippen molar-refractivity contribution in [1.29, 1.82) is 0 Å². The zero-order chi connectivity index (χ0) is 10.7. The summed E-state index contributed by atoms with van der Waals surface area (Å²) in [4.78, 5) is 11.4. The molecule has 0 saturated heterocycles. The number of benzene rings is 1.